The Labute approximate surface area is 167 Å². The molecule has 1 aliphatic heterocycles. The van der Waals surface area contributed by atoms with Crippen molar-refractivity contribution in [2.24, 2.45) is 5.92 Å². The zero-order valence-electron chi connectivity index (χ0n) is 17.4. The molecule has 152 valence electrons. The first-order valence-electron chi connectivity index (χ1n) is 10.3. The number of hydrogen-bond acceptors (Lipinski definition) is 6. The van der Waals surface area contributed by atoms with Gasteiger partial charge in [0.1, 0.15) is 5.75 Å². The number of benzene rings is 1. The molecule has 6 heteroatoms. The highest BCUT2D eigenvalue weighted by Gasteiger charge is 2.23. The monoisotopic (exact) mass is 385 g/mol. The van der Waals surface area contributed by atoms with Crippen LogP contribution < -0.4 is 9.64 Å². The van der Waals surface area contributed by atoms with Gasteiger partial charge in [0.05, 0.1) is 6.61 Å². The van der Waals surface area contributed by atoms with Crippen LogP contribution >= 0.6 is 0 Å². The maximum Gasteiger partial charge on any atom is 0.324 e. The first kappa shape index (κ1) is 20.4. The predicted molar refractivity (Wildman–Crippen MR) is 109 cm³/mol. The van der Waals surface area contributed by atoms with Crippen molar-refractivity contribution >= 4 is 12.3 Å². The van der Waals surface area contributed by atoms with Crippen molar-refractivity contribution in [3.63, 3.8) is 0 Å². The number of aromatic nitrogens is 2. The SMILES string of the molecule is Cc1cc(OCCCC2CCN(c3nc(C(C)C)no3)CC2)cc(C)c1C=O. The molecule has 1 fully saturated rings. The van der Waals surface area contributed by atoms with Crippen LogP contribution in [0.15, 0.2) is 16.7 Å². The van der Waals surface area contributed by atoms with Gasteiger partial charge in [0.25, 0.3) is 0 Å². The van der Waals surface area contributed by atoms with Gasteiger partial charge in [-0.05, 0) is 68.7 Å². The van der Waals surface area contributed by atoms with Crippen LogP contribution in [0.3, 0.4) is 0 Å². The Kier molecular flexibility index (Phi) is 6.70. The number of hydrogen-bond donors (Lipinski definition) is 0. The molecular weight excluding hydrogens is 354 g/mol. The molecule has 1 aromatic carbocycles. The minimum Gasteiger partial charge on any atom is -0.494 e. The lowest BCUT2D eigenvalue weighted by Gasteiger charge is -2.30. The Morgan fingerprint density at radius 2 is 1.93 bits per heavy atom. The van der Waals surface area contributed by atoms with Gasteiger partial charge in [0.15, 0.2) is 12.1 Å². The third-order valence-corrected chi connectivity index (χ3v) is 5.54. The maximum absolute atomic E-state index is 11.1. The molecule has 2 aromatic rings. The van der Waals surface area contributed by atoms with E-state index in [1.807, 2.05) is 26.0 Å². The lowest BCUT2D eigenvalue weighted by atomic mass is 9.92. The number of piperidine rings is 1. The van der Waals surface area contributed by atoms with E-state index in [-0.39, 0.29) is 5.92 Å². The van der Waals surface area contributed by atoms with E-state index in [0.717, 1.165) is 66.9 Å². The summed E-state index contributed by atoms with van der Waals surface area (Å²) < 4.78 is 11.3. The Hall–Kier alpha value is -2.37. The number of aryl methyl sites for hydroxylation is 2. The molecule has 0 amide bonds. The zero-order valence-corrected chi connectivity index (χ0v) is 17.4. The third kappa shape index (κ3) is 4.91. The Morgan fingerprint density at radius 3 is 2.50 bits per heavy atom. The summed E-state index contributed by atoms with van der Waals surface area (Å²) in [6, 6.07) is 4.56. The molecule has 28 heavy (non-hydrogen) atoms. The van der Waals surface area contributed by atoms with Gasteiger partial charge in [0.2, 0.25) is 0 Å². The average molecular weight is 386 g/mol. The van der Waals surface area contributed by atoms with Crippen molar-refractivity contribution in [3.05, 3.63) is 34.6 Å². The second kappa shape index (κ2) is 9.22. The van der Waals surface area contributed by atoms with Crippen molar-refractivity contribution < 1.29 is 14.1 Å². The van der Waals surface area contributed by atoms with Crippen LogP contribution in [0.2, 0.25) is 0 Å². The van der Waals surface area contributed by atoms with Gasteiger partial charge in [-0.3, -0.25) is 4.79 Å². The summed E-state index contributed by atoms with van der Waals surface area (Å²) in [5.74, 6) is 2.64. The Morgan fingerprint density at radius 1 is 1.25 bits per heavy atom. The summed E-state index contributed by atoms with van der Waals surface area (Å²) in [6.45, 7) is 10.7. The molecule has 0 unspecified atom stereocenters. The fourth-order valence-corrected chi connectivity index (χ4v) is 3.77. The predicted octanol–water partition coefficient (Wildman–Crippen LogP) is 4.70. The summed E-state index contributed by atoms with van der Waals surface area (Å²) in [5, 5.41) is 4.06. The maximum atomic E-state index is 11.1. The first-order valence-corrected chi connectivity index (χ1v) is 10.3. The van der Waals surface area contributed by atoms with Gasteiger partial charge < -0.3 is 14.2 Å². The number of anilines is 1. The molecule has 3 rings (SSSR count). The highest BCUT2D eigenvalue weighted by atomic mass is 16.5. The van der Waals surface area contributed by atoms with Gasteiger partial charge in [-0.2, -0.15) is 4.98 Å². The second-order valence-corrected chi connectivity index (χ2v) is 8.10. The molecule has 0 N–H and O–H groups in total. The standard InChI is InChI=1S/C22H31N3O3/c1-15(2)21-23-22(28-24-21)25-9-7-18(8-10-25)6-5-11-27-19-12-16(3)20(14-26)17(4)13-19/h12-15,18H,5-11H2,1-4H3. The summed E-state index contributed by atoms with van der Waals surface area (Å²) in [4.78, 5) is 17.8. The lowest BCUT2D eigenvalue weighted by molar-refractivity contribution is 0.112. The molecule has 0 spiro atoms. The van der Waals surface area contributed by atoms with Gasteiger partial charge in [0, 0.05) is 24.6 Å². The van der Waals surface area contributed by atoms with Gasteiger partial charge in [-0.1, -0.05) is 19.0 Å². The van der Waals surface area contributed by atoms with E-state index in [0.29, 0.717) is 18.5 Å². The normalized spacial score (nSPS) is 15.2. The highest BCUT2D eigenvalue weighted by molar-refractivity contribution is 5.80. The molecule has 2 heterocycles. The molecule has 0 bridgehead atoms. The highest BCUT2D eigenvalue weighted by Crippen LogP contribution is 2.26. The lowest BCUT2D eigenvalue weighted by Crippen LogP contribution is -2.34. The van der Waals surface area contributed by atoms with Crippen molar-refractivity contribution in [2.45, 2.75) is 59.3 Å². The molecule has 0 aliphatic carbocycles. The van der Waals surface area contributed by atoms with E-state index in [1.54, 1.807) is 0 Å². The van der Waals surface area contributed by atoms with Crippen molar-refractivity contribution in [1.82, 2.24) is 10.1 Å². The van der Waals surface area contributed by atoms with E-state index in [9.17, 15) is 4.79 Å². The number of carbonyl (C=O) groups is 1. The topological polar surface area (TPSA) is 68.5 Å². The molecule has 0 radical (unpaired) electrons. The molecule has 1 aliphatic rings. The van der Waals surface area contributed by atoms with E-state index in [1.165, 1.54) is 6.42 Å². The largest absolute Gasteiger partial charge is 0.494 e. The average Bonchev–Trinajstić information content (AvgIpc) is 3.16. The fraction of sp³-hybridized carbons (Fsp3) is 0.591. The summed E-state index contributed by atoms with van der Waals surface area (Å²) in [5.41, 5.74) is 2.71. The molecule has 0 saturated carbocycles. The van der Waals surface area contributed by atoms with Crippen molar-refractivity contribution in [3.8, 4) is 5.75 Å². The quantitative estimate of drug-likeness (QED) is 0.485. The molecule has 1 aromatic heterocycles. The fourth-order valence-electron chi connectivity index (χ4n) is 3.77. The number of carbonyl (C=O) groups excluding carboxylic acids is 1. The molecule has 1 saturated heterocycles. The van der Waals surface area contributed by atoms with Crippen LogP contribution in [0.5, 0.6) is 5.75 Å². The minimum absolute atomic E-state index is 0.289. The molecular formula is C22H31N3O3. The van der Waals surface area contributed by atoms with Crippen LogP contribution in [0.25, 0.3) is 0 Å². The van der Waals surface area contributed by atoms with Crippen molar-refractivity contribution in [1.29, 1.82) is 0 Å². The molecule has 0 atom stereocenters. The number of nitrogens with zero attached hydrogens (tertiary/aromatic N) is 3. The van der Waals surface area contributed by atoms with E-state index >= 15 is 0 Å². The summed E-state index contributed by atoms with van der Waals surface area (Å²) in [6.07, 6.45) is 5.41. The Bertz CT molecular complexity index is 769. The van der Waals surface area contributed by atoms with E-state index in [2.05, 4.69) is 28.9 Å². The van der Waals surface area contributed by atoms with E-state index in [4.69, 9.17) is 9.26 Å². The smallest absolute Gasteiger partial charge is 0.324 e. The summed E-state index contributed by atoms with van der Waals surface area (Å²) >= 11 is 0. The Balaban J connectivity index is 1.39. The minimum atomic E-state index is 0.289. The second-order valence-electron chi connectivity index (χ2n) is 8.10. The van der Waals surface area contributed by atoms with Crippen LogP contribution in [-0.2, 0) is 0 Å². The van der Waals surface area contributed by atoms with Gasteiger partial charge >= 0.3 is 6.01 Å². The summed E-state index contributed by atoms with van der Waals surface area (Å²) in [7, 11) is 0. The van der Waals surface area contributed by atoms with Crippen LogP contribution in [-0.4, -0.2) is 36.1 Å². The van der Waals surface area contributed by atoms with Crippen LogP contribution in [0.4, 0.5) is 6.01 Å². The van der Waals surface area contributed by atoms with Gasteiger partial charge in [-0.15, -0.1) is 0 Å². The number of rotatable bonds is 8. The number of aldehydes is 1. The third-order valence-electron chi connectivity index (χ3n) is 5.54. The first-order chi connectivity index (χ1) is 13.5. The van der Waals surface area contributed by atoms with Gasteiger partial charge in [-0.25, -0.2) is 0 Å². The number of ether oxygens (including phenoxy) is 1. The molecule has 6 nitrogen and oxygen atoms in total. The zero-order chi connectivity index (χ0) is 20.1. The van der Waals surface area contributed by atoms with E-state index < -0.39 is 0 Å². The van der Waals surface area contributed by atoms with Crippen molar-refractivity contribution in [2.75, 3.05) is 24.6 Å². The van der Waals surface area contributed by atoms with Crippen LogP contribution in [0.1, 0.15) is 72.8 Å². The van der Waals surface area contributed by atoms with Crippen LogP contribution in [0, 0.1) is 19.8 Å².